The van der Waals surface area contributed by atoms with Gasteiger partial charge in [0.25, 0.3) is 0 Å². The number of amides is 2. The molecule has 5 nitrogen and oxygen atoms in total. The van der Waals surface area contributed by atoms with Crippen LogP contribution in [0.1, 0.15) is 43.9 Å². The summed E-state index contributed by atoms with van der Waals surface area (Å²) in [5.74, 6) is 1.82. The molecule has 1 aliphatic heterocycles. The summed E-state index contributed by atoms with van der Waals surface area (Å²) < 4.78 is 0. The van der Waals surface area contributed by atoms with Crippen LogP contribution in [0, 0.1) is 5.92 Å². The van der Waals surface area contributed by atoms with E-state index in [0.717, 1.165) is 36.0 Å². The Morgan fingerprint density at radius 2 is 1.93 bits per heavy atom. The number of carbonyl (C=O) groups excluding carboxylic acids is 1. The second kappa shape index (κ2) is 9.09. The van der Waals surface area contributed by atoms with Crippen molar-refractivity contribution in [2.45, 2.75) is 39.3 Å². The van der Waals surface area contributed by atoms with Gasteiger partial charge in [0.2, 0.25) is 0 Å². The van der Waals surface area contributed by atoms with Crippen LogP contribution >= 0.6 is 11.6 Å². The van der Waals surface area contributed by atoms with Crippen molar-refractivity contribution in [3.05, 3.63) is 58.7 Å². The summed E-state index contributed by atoms with van der Waals surface area (Å²) >= 11 is 5.90. The van der Waals surface area contributed by atoms with Gasteiger partial charge in [0.1, 0.15) is 5.82 Å². The number of rotatable bonds is 5. The highest BCUT2D eigenvalue weighted by Crippen LogP contribution is 2.21. The first-order valence-corrected chi connectivity index (χ1v) is 9.89. The zero-order valence-electron chi connectivity index (χ0n) is 15.9. The first-order chi connectivity index (χ1) is 13.0. The quantitative estimate of drug-likeness (QED) is 0.793. The molecular weight excluding hydrogens is 360 g/mol. The number of nitrogens with one attached hydrogen (secondary N) is 2. The van der Waals surface area contributed by atoms with E-state index < -0.39 is 0 Å². The van der Waals surface area contributed by atoms with Crippen molar-refractivity contribution in [3.8, 4) is 0 Å². The summed E-state index contributed by atoms with van der Waals surface area (Å²) in [6, 6.07) is 11.3. The number of pyridine rings is 1. The second-order valence-electron chi connectivity index (χ2n) is 7.29. The fraction of sp³-hybridized carbons (Fsp3) is 0.429. The van der Waals surface area contributed by atoms with Crippen molar-refractivity contribution in [1.82, 2.24) is 15.6 Å². The van der Waals surface area contributed by atoms with Gasteiger partial charge in [-0.2, -0.15) is 0 Å². The van der Waals surface area contributed by atoms with Crippen LogP contribution in [0.25, 0.3) is 0 Å². The van der Waals surface area contributed by atoms with Crippen molar-refractivity contribution in [2.75, 3.05) is 18.0 Å². The van der Waals surface area contributed by atoms with Gasteiger partial charge in [0, 0.05) is 30.9 Å². The van der Waals surface area contributed by atoms with Gasteiger partial charge in [0.05, 0.1) is 6.04 Å². The molecule has 0 radical (unpaired) electrons. The number of hydrogen-bond donors (Lipinski definition) is 2. The van der Waals surface area contributed by atoms with Gasteiger partial charge in [0.15, 0.2) is 0 Å². The molecule has 1 aromatic carbocycles. The molecule has 1 saturated heterocycles. The Hall–Kier alpha value is -2.27. The van der Waals surface area contributed by atoms with Crippen LogP contribution in [-0.4, -0.2) is 24.1 Å². The topological polar surface area (TPSA) is 57.3 Å². The maximum Gasteiger partial charge on any atom is 0.315 e. The summed E-state index contributed by atoms with van der Waals surface area (Å²) in [5, 5.41) is 6.50. The Morgan fingerprint density at radius 1 is 1.22 bits per heavy atom. The smallest absolute Gasteiger partial charge is 0.315 e. The third-order valence-corrected chi connectivity index (χ3v) is 5.34. The zero-order valence-corrected chi connectivity index (χ0v) is 16.7. The summed E-state index contributed by atoms with van der Waals surface area (Å²) in [6.45, 7) is 6.83. The standard InChI is InChI=1S/C21H27ClN4O/c1-15-9-11-26(12-10-15)20-8-3-17(13-23-20)14-24-21(27)25-16(2)18-4-6-19(22)7-5-18/h3-8,13,15-16H,9-12,14H2,1-2H3,(H2,24,25,27). The summed E-state index contributed by atoms with van der Waals surface area (Å²) in [5.41, 5.74) is 2.00. The predicted molar refractivity (Wildman–Crippen MR) is 110 cm³/mol. The maximum atomic E-state index is 12.1. The van der Waals surface area contributed by atoms with Gasteiger partial charge < -0.3 is 15.5 Å². The lowest BCUT2D eigenvalue weighted by atomic mass is 9.99. The molecule has 0 spiro atoms. The molecule has 2 amide bonds. The first kappa shape index (κ1) is 19.5. The molecule has 27 heavy (non-hydrogen) atoms. The molecule has 2 heterocycles. The molecule has 3 rings (SSSR count). The number of urea groups is 1. The largest absolute Gasteiger partial charge is 0.357 e. The van der Waals surface area contributed by atoms with Crippen LogP contribution in [-0.2, 0) is 6.54 Å². The lowest BCUT2D eigenvalue weighted by Crippen LogP contribution is -2.36. The molecule has 1 aromatic heterocycles. The van der Waals surface area contributed by atoms with Crippen LogP contribution in [0.5, 0.6) is 0 Å². The summed E-state index contributed by atoms with van der Waals surface area (Å²) in [4.78, 5) is 19.0. The third kappa shape index (κ3) is 5.60. The third-order valence-electron chi connectivity index (χ3n) is 5.09. The van der Waals surface area contributed by atoms with E-state index in [4.69, 9.17) is 11.6 Å². The van der Waals surface area contributed by atoms with Crippen molar-refractivity contribution >= 4 is 23.4 Å². The minimum atomic E-state index is -0.202. The van der Waals surface area contributed by atoms with E-state index in [0.29, 0.717) is 11.6 Å². The fourth-order valence-corrected chi connectivity index (χ4v) is 3.34. The van der Waals surface area contributed by atoms with E-state index in [1.807, 2.05) is 49.5 Å². The minimum absolute atomic E-state index is 0.0933. The van der Waals surface area contributed by atoms with Gasteiger partial charge in [-0.1, -0.05) is 36.7 Å². The molecule has 144 valence electrons. The van der Waals surface area contributed by atoms with Gasteiger partial charge in [-0.25, -0.2) is 9.78 Å². The van der Waals surface area contributed by atoms with E-state index in [2.05, 4.69) is 27.4 Å². The van der Waals surface area contributed by atoms with Gasteiger partial charge in [-0.15, -0.1) is 0 Å². The normalized spacial score (nSPS) is 16.0. The Balaban J connectivity index is 1.46. The van der Waals surface area contributed by atoms with E-state index in [9.17, 15) is 4.79 Å². The van der Waals surface area contributed by atoms with E-state index >= 15 is 0 Å². The Labute approximate surface area is 166 Å². The maximum absolute atomic E-state index is 12.1. The number of halogens is 1. The SMILES string of the molecule is CC1CCN(c2ccc(CNC(=O)NC(C)c3ccc(Cl)cc3)cn2)CC1. The molecule has 1 unspecified atom stereocenters. The molecule has 0 aliphatic carbocycles. The molecule has 0 saturated carbocycles. The Bertz CT molecular complexity index is 740. The number of anilines is 1. The number of nitrogens with zero attached hydrogens (tertiary/aromatic N) is 2. The van der Waals surface area contributed by atoms with Crippen LogP contribution < -0.4 is 15.5 Å². The second-order valence-corrected chi connectivity index (χ2v) is 7.73. The lowest BCUT2D eigenvalue weighted by molar-refractivity contribution is 0.237. The highest BCUT2D eigenvalue weighted by atomic mass is 35.5. The molecule has 6 heteroatoms. The predicted octanol–water partition coefficient (Wildman–Crippen LogP) is 4.53. The molecular formula is C21H27ClN4O. The van der Waals surface area contributed by atoms with E-state index in [-0.39, 0.29) is 12.1 Å². The average Bonchev–Trinajstić information content (AvgIpc) is 2.68. The van der Waals surface area contributed by atoms with Crippen molar-refractivity contribution in [1.29, 1.82) is 0 Å². The number of piperidine rings is 1. The average molecular weight is 387 g/mol. The first-order valence-electron chi connectivity index (χ1n) is 9.51. The van der Waals surface area contributed by atoms with Gasteiger partial charge >= 0.3 is 6.03 Å². The molecule has 1 atom stereocenters. The summed E-state index contributed by atoms with van der Waals surface area (Å²) in [6.07, 6.45) is 4.28. The Morgan fingerprint density at radius 3 is 2.56 bits per heavy atom. The van der Waals surface area contributed by atoms with E-state index in [1.165, 1.54) is 12.8 Å². The molecule has 2 aromatic rings. The Kier molecular flexibility index (Phi) is 6.56. The lowest BCUT2D eigenvalue weighted by Gasteiger charge is -2.31. The molecule has 1 fully saturated rings. The molecule has 2 N–H and O–H groups in total. The summed E-state index contributed by atoms with van der Waals surface area (Å²) in [7, 11) is 0. The number of carbonyl (C=O) groups is 1. The van der Waals surface area contributed by atoms with E-state index in [1.54, 1.807) is 0 Å². The highest BCUT2D eigenvalue weighted by molar-refractivity contribution is 6.30. The fourth-order valence-electron chi connectivity index (χ4n) is 3.21. The number of hydrogen-bond acceptors (Lipinski definition) is 3. The van der Waals surface area contributed by atoms with Gasteiger partial charge in [-0.3, -0.25) is 0 Å². The molecule has 1 aliphatic rings. The minimum Gasteiger partial charge on any atom is -0.357 e. The van der Waals surface area contributed by atoms with Crippen molar-refractivity contribution < 1.29 is 4.79 Å². The highest BCUT2D eigenvalue weighted by Gasteiger charge is 2.16. The van der Waals surface area contributed by atoms with Crippen molar-refractivity contribution in [2.24, 2.45) is 5.92 Å². The monoisotopic (exact) mass is 386 g/mol. The van der Waals surface area contributed by atoms with Crippen LogP contribution in [0.4, 0.5) is 10.6 Å². The van der Waals surface area contributed by atoms with Crippen LogP contribution in [0.2, 0.25) is 5.02 Å². The van der Waals surface area contributed by atoms with Crippen LogP contribution in [0.3, 0.4) is 0 Å². The van der Waals surface area contributed by atoms with Crippen LogP contribution in [0.15, 0.2) is 42.6 Å². The number of aromatic nitrogens is 1. The zero-order chi connectivity index (χ0) is 19.2. The molecule has 0 bridgehead atoms. The van der Waals surface area contributed by atoms with Gasteiger partial charge in [-0.05, 0) is 55.0 Å². The number of benzene rings is 1. The van der Waals surface area contributed by atoms with Crippen molar-refractivity contribution in [3.63, 3.8) is 0 Å².